The molecule has 1 aromatic heterocycles. The topological polar surface area (TPSA) is 17.8 Å². The van der Waals surface area contributed by atoms with Gasteiger partial charge in [-0.05, 0) is 25.3 Å². The van der Waals surface area contributed by atoms with Crippen LogP contribution in [0.15, 0.2) is 6.20 Å². The Kier molecular flexibility index (Phi) is 3.13. The summed E-state index contributed by atoms with van der Waals surface area (Å²) < 4.78 is 1.98. The maximum Gasteiger partial charge on any atom is 0.102 e. The predicted molar refractivity (Wildman–Crippen MR) is 54.5 cm³/mol. The zero-order valence-corrected chi connectivity index (χ0v) is 8.76. The molecule has 0 aliphatic carbocycles. The molecule has 70 valence electrons. The van der Waals surface area contributed by atoms with E-state index in [0.29, 0.717) is 12.5 Å². The van der Waals surface area contributed by atoms with Gasteiger partial charge in [-0.1, -0.05) is 19.8 Å². The first-order valence-corrected chi connectivity index (χ1v) is 4.58. The Morgan fingerprint density at radius 3 is 2.77 bits per heavy atom. The van der Waals surface area contributed by atoms with Gasteiger partial charge in [0.15, 0.2) is 0 Å². The summed E-state index contributed by atoms with van der Waals surface area (Å²) in [6.07, 6.45) is 1.91. The van der Waals surface area contributed by atoms with E-state index in [2.05, 4.69) is 37.7 Å². The first kappa shape index (κ1) is 9.85. The van der Waals surface area contributed by atoms with E-state index in [1.807, 2.05) is 17.8 Å². The van der Waals surface area contributed by atoms with Crippen LogP contribution in [0.5, 0.6) is 0 Å². The molecule has 0 bridgehead atoms. The molecule has 1 aromatic rings. The van der Waals surface area contributed by atoms with Gasteiger partial charge in [-0.25, -0.2) is 0 Å². The predicted octanol–water partition coefficient (Wildman–Crippen LogP) is 2.34. The van der Waals surface area contributed by atoms with Gasteiger partial charge in [0.1, 0.15) is 6.54 Å². The lowest BCUT2D eigenvalue weighted by Crippen LogP contribution is -2.05. The molecule has 0 atom stereocenters. The molecule has 2 nitrogen and oxygen atoms in total. The second-order valence-corrected chi connectivity index (χ2v) is 3.45. The summed E-state index contributed by atoms with van der Waals surface area (Å²) >= 11 is 0. The fourth-order valence-electron chi connectivity index (χ4n) is 1.52. The number of hydrogen-bond donors (Lipinski definition) is 0. The van der Waals surface area contributed by atoms with Gasteiger partial charge in [-0.2, -0.15) is 5.10 Å². The maximum absolute atomic E-state index is 4.29. The summed E-state index contributed by atoms with van der Waals surface area (Å²) in [5, 5.41) is 4.29. The molecule has 0 radical (unpaired) electrons. The largest absolute Gasteiger partial charge is 0.257 e. The average molecular weight is 176 g/mol. The fourth-order valence-corrected chi connectivity index (χ4v) is 1.52. The van der Waals surface area contributed by atoms with Crippen LogP contribution in [0.4, 0.5) is 0 Å². The summed E-state index contributed by atoms with van der Waals surface area (Å²) in [7, 11) is 0. The molecule has 2 heteroatoms. The molecule has 0 saturated carbocycles. The van der Waals surface area contributed by atoms with Crippen LogP contribution >= 0.6 is 0 Å². The number of nitrogens with zero attached hydrogens (tertiary/aromatic N) is 2. The van der Waals surface area contributed by atoms with Gasteiger partial charge in [-0.15, -0.1) is 5.92 Å². The van der Waals surface area contributed by atoms with Gasteiger partial charge in [0.25, 0.3) is 0 Å². The molecular formula is C11H16N2. The lowest BCUT2D eigenvalue weighted by Gasteiger charge is -2.08. The second-order valence-electron chi connectivity index (χ2n) is 3.45. The number of aryl methyl sites for hydroxylation is 1. The molecule has 1 heterocycles. The molecule has 0 saturated heterocycles. The minimum absolute atomic E-state index is 0.515. The lowest BCUT2D eigenvalue weighted by atomic mass is 10.1. The SMILES string of the molecule is CC#CCn1ncc(C)c1C(C)C. The Labute approximate surface area is 80.0 Å². The van der Waals surface area contributed by atoms with Crippen molar-refractivity contribution < 1.29 is 0 Å². The van der Waals surface area contributed by atoms with Crippen LogP contribution in [0.25, 0.3) is 0 Å². The molecule has 0 amide bonds. The monoisotopic (exact) mass is 176 g/mol. The van der Waals surface area contributed by atoms with E-state index in [-0.39, 0.29) is 0 Å². The van der Waals surface area contributed by atoms with E-state index in [1.54, 1.807) is 0 Å². The summed E-state index contributed by atoms with van der Waals surface area (Å²) in [6, 6.07) is 0. The molecule has 0 aliphatic heterocycles. The zero-order valence-electron chi connectivity index (χ0n) is 8.76. The van der Waals surface area contributed by atoms with Crippen LogP contribution in [-0.2, 0) is 6.54 Å². The van der Waals surface area contributed by atoms with Gasteiger partial charge in [0, 0.05) is 5.69 Å². The van der Waals surface area contributed by atoms with Crippen molar-refractivity contribution in [2.45, 2.75) is 40.2 Å². The zero-order chi connectivity index (χ0) is 9.84. The van der Waals surface area contributed by atoms with Crippen molar-refractivity contribution in [3.05, 3.63) is 17.5 Å². The van der Waals surface area contributed by atoms with Gasteiger partial charge < -0.3 is 0 Å². The van der Waals surface area contributed by atoms with Crippen molar-refractivity contribution in [2.75, 3.05) is 0 Å². The molecule has 0 aromatic carbocycles. The summed E-state index contributed by atoms with van der Waals surface area (Å²) in [4.78, 5) is 0. The van der Waals surface area contributed by atoms with Crippen LogP contribution in [0.2, 0.25) is 0 Å². The third kappa shape index (κ3) is 2.12. The Morgan fingerprint density at radius 1 is 1.54 bits per heavy atom. The van der Waals surface area contributed by atoms with E-state index in [4.69, 9.17) is 0 Å². The van der Waals surface area contributed by atoms with Gasteiger partial charge >= 0.3 is 0 Å². The van der Waals surface area contributed by atoms with Crippen LogP contribution in [0, 0.1) is 18.8 Å². The van der Waals surface area contributed by atoms with Crippen molar-refractivity contribution in [1.29, 1.82) is 0 Å². The van der Waals surface area contributed by atoms with Crippen molar-refractivity contribution in [1.82, 2.24) is 9.78 Å². The van der Waals surface area contributed by atoms with Crippen molar-refractivity contribution in [2.24, 2.45) is 0 Å². The molecule has 0 unspecified atom stereocenters. The summed E-state index contributed by atoms with van der Waals surface area (Å²) in [5.41, 5.74) is 2.55. The van der Waals surface area contributed by atoms with Crippen molar-refractivity contribution >= 4 is 0 Å². The Morgan fingerprint density at radius 2 is 2.23 bits per heavy atom. The molecule has 13 heavy (non-hydrogen) atoms. The van der Waals surface area contributed by atoms with E-state index in [9.17, 15) is 0 Å². The maximum atomic E-state index is 4.29. The summed E-state index contributed by atoms with van der Waals surface area (Å²) in [6.45, 7) is 9.02. The number of aromatic nitrogens is 2. The van der Waals surface area contributed by atoms with E-state index in [0.717, 1.165) is 0 Å². The average Bonchev–Trinajstić information content (AvgIpc) is 2.43. The molecular weight excluding hydrogens is 160 g/mol. The molecule has 0 fully saturated rings. The third-order valence-corrected chi connectivity index (χ3v) is 2.03. The standard InChI is InChI=1S/C11H16N2/c1-5-6-7-13-11(9(2)3)10(4)8-12-13/h8-9H,7H2,1-4H3. The highest BCUT2D eigenvalue weighted by Gasteiger charge is 2.09. The highest BCUT2D eigenvalue weighted by atomic mass is 15.3. The molecule has 0 aliphatic rings. The molecule has 0 N–H and O–H groups in total. The molecule has 1 rings (SSSR count). The van der Waals surface area contributed by atoms with Gasteiger partial charge in [0.05, 0.1) is 6.20 Å². The summed E-state index contributed by atoms with van der Waals surface area (Å²) in [5.74, 6) is 6.42. The minimum Gasteiger partial charge on any atom is -0.257 e. The Balaban J connectivity index is 2.98. The highest BCUT2D eigenvalue weighted by molar-refractivity contribution is 5.19. The van der Waals surface area contributed by atoms with Gasteiger partial charge in [-0.3, -0.25) is 4.68 Å². The van der Waals surface area contributed by atoms with E-state index < -0.39 is 0 Å². The van der Waals surface area contributed by atoms with Crippen LogP contribution in [0.3, 0.4) is 0 Å². The number of rotatable bonds is 2. The first-order valence-electron chi connectivity index (χ1n) is 4.58. The van der Waals surface area contributed by atoms with E-state index in [1.165, 1.54) is 11.3 Å². The fraction of sp³-hybridized carbons (Fsp3) is 0.545. The number of hydrogen-bond acceptors (Lipinski definition) is 1. The van der Waals surface area contributed by atoms with Crippen LogP contribution in [-0.4, -0.2) is 9.78 Å². The Bertz CT molecular complexity index is 337. The third-order valence-electron chi connectivity index (χ3n) is 2.03. The Hall–Kier alpha value is -1.23. The van der Waals surface area contributed by atoms with E-state index >= 15 is 0 Å². The highest BCUT2D eigenvalue weighted by Crippen LogP contribution is 2.17. The molecule has 0 spiro atoms. The van der Waals surface area contributed by atoms with Crippen LogP contribution < -0.4 is 0 Å². The lowest BCUT2D eigenvalue weighted by molar-refractivity contribution is 0.633. The smallest absolute Gasteiger partial charge is 0.102 e. The second kappa shape index (κ2) is 4.13. The first-order chi connectivity index (χ1) is 6.16. The quantitative estimate of drug-likeness (QED) is 0.632. The normalized spacial score (nSPS) is 9.92. The minimum atomic E-state index is 0.515. The van der Waals surface area contributed by atoms with Crippen molar-refractivity contribution in [3.63, 3.8) is 0 Å². The van der Waals surface area contributed by atoms with Crippen LogP contribution in [0.1, 0.15) is 37.9 Å². The van der Waals surface area contributed by atoms with Gasteiger partial charge in [0.2, 0.25) is 0 Å². The van der Waals surface area contributed by atoms with Crippen molar-refractivity contribution in [3.8, 4) is 11.8 Å².